The predicted octanol–water partition coefficient (Wildman–Crippen LogP) is 12.9. The predicted molar refractivity (Wildman–Crippen MR) is 247 cm³/mol. The summed E-state index contributed by atoms with van der Waals surface area (Å²) in [6.07, 6.45) is 8.47. The van der Waals surface area contributed by atoms with E-state index in [0.717, 1.165) is 126 Å². The van der Waals surface area contributed by atoms with Crippen molar-refractivity contribution in [3.63, 3.8) is 0 Å². The summed E-state index contributed by atoms with van der Waals surface area (Å²) in [6.45, 7) is 10.1. The Morgan fingerprint density at radius 1 is 0.500 bits per heavy atom. The van der Waals surface area contributed by atoms with E-state index in [-0.39, 0.29) is 11.8 Å². The summed E-state index contributed by atoms with van der Waals surface area (Å²) in [4.78, 5) is 38.5. The highest BCUT2D eigenvalue weighted by Gasteiger charge is 2.50. The number of anilines is 2. The highest BCUT2D eigenvalue weighted by atomic mass is 32.1. The van der Waals surface area contributed by atoms with Crippen molar-refractivity contribution in [1.29, 1.82) is 0 Å². The van der Waals surface area contributed by atoms with Crippen molar-refractivity contribution in [2.75, 3.05) is 24.6 Å². The fraction of sp³-hybridized carbons (Fsp3) is 0.320. The molecule has 4 N–H and O–H groups in total. The molecule has 8 rings (SSSR count). The van der Waals surface area contributed by atoms with E-state index in [1.807, 2.05) is 34.1 Å². The van der Waals surface area contributed by atoms with Crippen LogP contribution in [0.25, 0.3) is 53.8 Å². The molecule has 0 fully saturated rings. The van der Waals surface area contributed by atoms with Crippen molar-refractivity contribution in [1.82, 2.24) is 9.80 Å². The van der Waals surface area contributed by atoms with E-state index in [9.17, 15) is 0 Å². The molecule has 0 saturated carbocycles. The van der Waals surface area contributed by atoms with Gasteiger partial charge in [0.05, 0.1) is 32.3 Å². The van der Waals surface area contributed by atoms with E-state index in [4.69, 9.17) is 11.5 Å². The van der Waals surface area contributed by atoms with Gasteiger partial charge in [-0.2, -0.15) is 0 Å². The second kappa shape index (κ2) is 17.0. The van der Waals surface area contributed by atoms with Crippen molar-refractivity contribution in [2.45, 2.75) is 79.1 Å². The third kappa shape index (κ3) is 7.60. The molecule has 6 nitrogen and oxygen atoms in total. The topological polar surface area (TPSA) is 92.7 Å². The first kappa shape index (κ1) is 39.6. The molecule has 2 aromatic heterocycles. The standard InChI is InChI=1S/C50H54N4O2S2/c1-5-9-11-31(7-3)29-53-47(43-23-21-41(57-43)37-15-13-35-27-39(51)19-17-33(35)25-37)45-46(49(53)55)48(54(50(45)56)30-32(8-4)12-10-6-2)44-24-22-42(58-44)38-16-14-36-28-40(52)20-18-34(36)26-38/h13-28,31-32H,5-12,29-30,51-52H2,1-4H3. The molecule has 2 atom stereocenters. The van der Waals surface area contributed by atoms with Crippen LogP contribution in [0.3, 0.4) is 0 Å². The van der Waals surface area contributed by atoms with Crippen molar-refractivity contribution in [2.24, 2.45) is 11.8 Å². The lowest BCUT2D eigenvalue weighted by molar-refractivity contribution is -0.124. The fourth-order valence-electron chi connectivity index (χ4n) is 8.68. The molecule has 2 unspecified atom stereocenters. The first-order chi connectivity index (χ1) is 28.2. The van der Waals surface area contributed by atoms with E-state index in [1.54, 1.807) is 22.7 Å². The smallest absolute Gasteiger partial charge is 0.261 e. The summed E-state index contributed by atoms with van der Waals surface area (Å²) >= 11 is 3.32. The van der Waals surface area contributed by atoms with Crippen LogP contribution in [0.1, 0.15) is 88.8 Å². The van der Waals surface area contributed by atoms with Crippen molar-refractivity contribution >= 4 is 78.8 Å². The summed E-state index contributed by atoms with van der Waals surface area (Å²) < 4.78 is 0. The summed E-state index contributed by atoms with van der Waals surface area (Å²) in [6, 6.07) is 33.4. The Hall–Kier alpha value is -5.18. The van der Waals surface area contributed by atoms with E-state index >= 15 is 9.59 Å². The van der Waals surface area contributed by atoms with Crippen LogP contribution >= 0.6 is 22.7 Å². The molecule has 0 aliphatic carbocycles. The van der Waals surface area contributed by atoms with E-state index < -0.39 is 0 Å². The van der Waals surface area contributed by atoms with Gasteiger partial charge in [-0.05, 0) is 118 Å². The number of unbranched alkanes of at least 4 members (excludes halogenated alkanes) is 2. The van der Waals surface area contributed by atoms with Gasteiger partial charge in [-0.1, -0.05) is 103 Å². The zero-order chi connectivity index (χ0) is 40.5. The van der Waals surface area contributed by atoms with E-state index in [0.29, 0.717) is 36.1 Å². The molecule has 2 aliphatic rings. The van der Waals surface area contributed by atoms with Crippen LogP contribution in [0, 0.1) is 11.8 Å². The molecule has 298 valence electrons. The largest absolute Gasteiger partial charge is 0.399 e. The Labute approximate surface area is 350 Å². The highest BCUT2D eigenvalue weighted by Crippen LogP contribution is 2.51. The Balaban J connectivity index is 1.27. The van der Waals surface area contributed by atoms with Gasteiger partial charge < -0.3 is 21.3 Å². The normalized spacial score (nSPS) is 15.4. The number of amides is 2. The van der Waals surface area contributed by atoms with Crippen LogP contribution in [-0.4, -0.2) is 34.7 Å². The van der Waals surface area contributed by atoms with Gasteiger partial charge >= 0.3 is 0 Å². The molecular formula is C50H54N4O2S2. The molecular weight excluding hydrogens is 753 g/mol. The molecule has 4 aromatic carbocycles. The fourth-order valence-corrected chi connectivity index (χ4v) is 10.8. The second-order valence-electron chi connectivity index (χ2n) is 16.1. The molecule has 58 heavy (non-hydrogen) atoms. The maximum absolute atomic E-state index is 15.2. The first-order valence-corrected chi connectivity index (χ1v) is 22.8. The van der Waals surface area contributed by atoms with Crippen LogP contribution in [0.4, 0.5) is 11.4 Å². The SMILES string of the molecule is CCCCC(CC)CN1C(=O)C2=C(c3ccc(-c4ccc5cc(N)ccc5c4)s3)N(CC(CC)CCCC)C(=O)C2=C1c1ccc(-c2ccc3cc(N)ccc3c2)s1. The van der Waals surface area contributed by atoms with Crippen LogP contribution < -0.4 is 11.5 Å². The molecule has 6 aromatic rings. The molecule has 2 amide bonds. The molecule has 0 spiro atoms. The van der Waals surface area contributed by atoms with Gasteiger partial charge in [-0.3, -0.25) is 9.59 Å². The van der Waals surface area contributed by atoms with Crippen molar-refractivity contribution in [3.05, 3.63) is 118 Å². The average molecular weight is 807 g/mol. The van der Waals surface area contributed by atoms with E-state index in [1.165, 1.54) is 0 Å². The van der Waals surface area contributed by atoms with Gasteiger partial charge in [-0.25, -0.2) is 0 Å². The average Bonchev–Trinajstić information content (AvgIpc) is 4.03. The first-order valence-electron chi connectivity index (χ1n) is 21.1. The summed E-state index contributed by atoms with van der Waals surface area (Å²) in [5.41, 5.74) is 18.5. The van der Waals surface area contributed by atoms with Crippen molar-refractivity contribution < 1.29 is 9.59 Å². The van der Waals surface area contributed by atoms with Crippen LogP contribution in [0.5, 0.6) is 0 Å². The van der Waals surface area contributed by atoms with Gasteiger partial charge in [0, 0.05) is 34.2 Å². The Bertz CT molecular complexity index is 2400. The lowest BCUT2D eigenvalue weighted by Gasteiger charge is -2.29. The third-order valence-corrected chi connectivity index (χ3v) is 14.4. The Morgan fingerprint density at radius 3 is 1.28 bits per heavy atom. The van der Waals surface area contributed by atoms with Crippen molar-refractivity contribution in [3.8, 4) is 20.9 Å². The summed E-state index contributed by atoms with van der Waals surface area (Å²) in [7, 11) is 0. The van der Waals surface area contributed by atoms with Crippen LogP contribution in [0.2, 0.25) is 0 Å². The minimum atomic E-state index is -0.0520. The number of carbonyl (C=O) groups excluding carboxylic acids is 2. The molecule has 0 radical (unpaired) electrons. The highest BCUT2D eigenvalue weighted by molar-refractivity contribution is 7.17. The lowest BCUT2D eigenvalue weighted by Crippen LogP contribution is -2.34. The zero-order valence-corrected chi connectivity index (χ0v) is 35.8. The Morgan fingerprint density at radius 2 is 0.879 bits per heavy atom. The van der Waals surface area contributed by atoms with Gasteiger partial charge in [-0.15, -0.1) is 22.7 Å². The minimum Gasteiger partial charge on any atom is -0.399 e. The number of benzene rings is 4. The Kier molecular flexibility index (Phi) is 11.6. The number of hydrogen-bond acceptors (Lipinski definition) is 6. The number of thiophene rings is 2. The molecule has 4 heterocycles. The maximum atomic E-state index is 15.2. The molecule has 0 bridgehead atoms. The second-order valence-corrected chi connectivity index (χ2v) is 18.2. The molecule has 2 aliphatic heterocycles. The number of carbonyl (C=O) groups is 2. The maximum Gasteiger partial charge on any atom is 0.261 e. The number of nitrogens with two attached hydrogens (primary N) is 2. The summed E-state index contributed by atoms with van der Waals surface area (Å²) in [5, 5.41) is 4.44. The van der Waals surface area contributed by atoms with Gasteiger partial charge in [0.2, 0.25) is 0 Å². The monoisotopic (exact) mass is 806 g/mol. The zero-order valence-electron chi connectivity index (χ0n) is 34.1. The summed E-state index contributed by atoms with van der Waals surface area (Å²) in [5.74, 6) is 0.555. The molecule has 8 heteroatoms. The number of nitrogens with zero attached hydrogens (tertiary/aromatic N) is 2. The minimum absolute atomic E-state index is 0.0520. The van der Waals surface area contributed by atoms with Gasteiger partial charge in [0.1, 0.15) is 0 Å². The van der Waals surface area contributed by atoms with Gasteiger partial charge in [0.25, 0.3) is 11.8 Å². The number of rotatable bonds is 16. The third-order valence-electron chi connectivity index (χ3n) is 12.1. The van der Waals surface area contributed by atoms with Gasteiger partial charge in [0.15, 0.2) is 0 Å². The van der Waals surface area contributed by atoms with E-state index in [2.05, 4.69) is 100 Å². The number of nitrogen functional groups attached to an aromatic ring is 2. The molecule has 0 saturated heterocycles. The quantitative estimate of drug-likeness (QED) is 0.0953. The number of hydrogen-bond donors (Lipinski definition) is 2. The van der Waals surface area contributed by atoms with Crippen LogP contribution in [-0.2, 0) is 9.59 Å². The van der Waals surface area contributed by atoms with Crippen LogP contribution in [0.15, 0.2) is 108 Å². The lowest BCUT2D eigenvalue weighted by atomic mass is 9.98. The number of fused-ring (bicyclic) bond motifs is 3.